The van der Waals surface area contributed by atoms with Crippen LogP contribution in [0.4, 0.5) is 5.69 Å². The van der Waals surface area contributed by atoms with Crippen LogP contribution < -0.4 is 0 Å². The number of carbonyl (C=O) groups is 1. The monoisotopic (exact) mass is 321 g/mol. The van der Waals surface area contributed by atoms with Crippen molar-refractivity contribution in [2.24, 2.45) is 5.92 Å². The van der Waals surface area contributed by atoms with E-state index in [0.29, 0.717) is 12.6 Å². The molecule has 0 unspecified atom stereocenters. The van der Waals surface area contributed by atoms with Crippen molar-refractivity contribution in [3.63, 3.8) is 0 Å². The average molecular weight is 321 g/mol. The van der Waals surface area contributed by atoms with E-state index in [1.165, 1.54) is 31.7 Å². The predicted molar refractivity (Wildman–Crippen MR) is 83.6 cm³/mol. The van der Waals surface area contributed by atoms with Gasteiger partial charge >= 0.3 is 5.69 Å². The fourth-order valence-electron chi connectivity index (χ4n) is 3.45. The third-order valence-corrected chi connectivity index (χ3v) is 4.81. The molecule has 0 atom stereocenters. The maximum absolute atomic E-state index is 12.5. The number of hydrogen-bond acceptors (Lipinski definition) is 5. The van der Waals surface area contributed by atoms with Crippen LogP contribution in [0, 0.1) is 16.0 Å². The molecule has 8 nitrogen and oxygen atoms in total. The summed E-state index contributed by atoms with van der Waals surface area (Å²) in [4.78, 5) is 26.9. The van der Waals surface area contributed by atoms with E-state index in [9.17, 15) is 14.9 Å². The minimum Gasteiger partial charge on any atom is -0.340 e. The molecule has 1 aromatic rings. The minimum absolute atomic E-state index is 0.0103. The highest BCUT2D eigenvalue weighted by molar-refractivity contribution is 5.79. The summed E-state index contributed by atoms with van der Waals surface area (Å²) < 4.78 is 1.58. The van der Waals surface area contributed by atoms with Crippen molar-refractivity contribution in [1.29, 1.82) is 0 Å². The lowest BCUT2D eigenvalue weighted by Crippen LogP contribution is -2.50. The van der Waals surface area contributed by atoms with E-state index in [1.807, 2.05) is 4.90 Å². The number of aromatic nitrogens is 2. The maximum atomic E-state index is 12.5. The maximum Gasteiger partial charge on any atom is 0.307 e. The van der Waals surface area contributed by atoms with E-state index in [-0.39, 0.29) is 11.6 Å². The Labute approximate surface area is 135 Å². The molecule has 1 saturated carbocycles. The molecule has 1 aliphatic heterocycles. The first kappa shape index (κ1) is 15.9. The van der Waals surface area contributed by atoms with Gasteiger partial charge in [0, 0.05) is 32.1 Å². The molecule has 1 amide bonds. The van der Waals surface area contributed by atoms with E-state index >= 15 is 0 Å². The van der Waals surface area contributed by atoms with Crippen LogP contribution in [0.5, 0.6) is 0 Å². The molecule has 0 spiro atoms. The van der Waals surface area contributed by atoms with Gasteiger partial charge < -0.3 is 4.90 Å². The topological polar surface area (TPSA) is 84.5 Å². The van der Waals surface area contributed by atoms with Crippen LogP contribution in [-0.2, 0) is 11.5 Å². The van der Waals surface area contributed by atoms with Crippen LogP contribution in [0.15, 0.2) is 12.4 Å². The van der Waals surface area contributed by atoms with Gasteiger partial charge in [0.2, 0.25) is 5.91 Å². The molecule has 0 N–H and O–H groups in total. The van der Waals surface area contributed by atoms with Crippen molar-refractivity contribution in [3.8, 4) is 0 Å². The summed E-state index contributed by atoms with van der Waals surface area (Å²) in [5, 5.41) is 14.7. The van der Waals surface area contributed by atoms with Gasteiger partial charge in [0.05, 0.1) is 11.6 Å². The van der Waals surface area contributed by atoms with Gasteiger partial charge in [0.15, 0.2) is 0 Å². The molecule has 126 valence electrons. The largest absolute Gasteiger partial charge is 0.340 e. The highest BCUT2D eigenvalue weighted by atomic mass is 16.6. The van der Waals surface area contributed by atoms with Gasteiger partial charge in [-0.2, -0.15) is 5.10 Å². The number of hydrogen-bond donors (Lipinski definition) is 0. The Kier molecular flexibility index (Phi) is 4.90. The van der Waals surface area contributed by atoms with E-state index < -0.39 is 4.92 Å². The average Bonchev–Trinajstić information content (AvgIpc) is 3.04. The van der Waals surface area contributed by atoms with Crippen molar-refractivity contribution >= 4 is 11.6 Å². The highest BCUT2D eigenvalue weighted by Gasteiger charge is 2.28. The lowest BCUT2D eigenvalue weighted by molar-refractivity contribution is -0.385. The predicted octanol–water partition coefficient (Wildman–Crippen LogP) is 1.47. The number of carbonyl (C=O) groups excluding carboxylic acids is 1. The third-order valence-electron chi connectivity index (χ3n) is 4.81. The molecule has 0 radical (unpaired) electrons. The quantitative estimate of drug-likeness (QED) is 0.619. The second-order valence-corrected chi connectivity index (χ2v) is 6.41. The van der Waals surface area contributed by atoms with Gasteiger partial charge in [-0.1, -0.05) is 19.3 Å². The van der Waals surface area contributed by atoms with Crippen molar-refractivity contribution in [1.82, 2.24) is 19.6 Å². The fraction of sp³-hybridized carbons (Fsp3) is 0.733. The van der Waals surface area contributed by atoms with Crippen molar-refractivity contribution < 1.29 is 9.72 Å². The molecule has 3 rings (SSSR count). The molecule has 23 heavy (non-hydrogen) atoms. The number of nitrogens with zero attached hydrogens (tertiary/aromatic N) is 5. The summed E-state index contributed by atoms with van der Waals surface area (Å²) in [5.41, 5.74) is 0.0103. The van der Waals surface area contributed by atoms with E-state index in [2.05, 4.69) is 10.00 Å². The molecule has 2 heterocycles. The Morgan fingerprint density at radius 1 is 1.22 bits per heavy atom. The zero-order chi connectivity index (χ0) is 16.2. The van der Waals surface area contributed by atoms with Crippen LogP contribution in [0.25, 0.3) is 0 Å². The summed E-state index contributed by atoms with van der Waals surface area (Å²) in [7, 11) is 0. The lowest BCUT2D eigenvalue weighted by Gasteiger charge is -2.37. The zero-order valence-electron chi connectivity index (χ0n) is 13.3. The van der Waals surface area contributed by atoms with Gasteiger partial charge in [-0.3, -0.25) is 24.5 Å². The SMILES string of the molecule is O=C(C1CCCCC1)N1CCN(Cn2cc([N+](=O)[O-])cn2)CC1. The summed E-state index contributed by atoms with van der Waals surface area (Å²) >= 11 is 0. The summed E-state index contributed by atoms with van der Waals surface area (Å²) in [5.74, 6) is 0.545. The first-order chi connectivity index (χ1) is 11.1. The molecule has 0 aromatic carbocycles. The van der Waals surface area contributed by atoms with Crippen LogP contribution in [0.3, 0.4) is 0 Å². The molecule has 2 aliphatic rings. The molecule has 8 heteroatoms. The number of nitro groups is 1. The van der Waals surface area contributed by atoms with E-state index in [0.717, 1.165) is 39.0 Å². The third kappa shape index (κ3) is 3.87. The molecule has 1 saturated heterocycles. The molecule has 0 bridgehead atoms. The number of piperazine rings is 1. The smallest absolute Gasteiger partial charge is 0.307 e. The first-order valence-corrected chi connectivity index (χ1v) is 8.31. The molecular formula is C15H23N5O3. The number of amides is 1. The molecular weight excluding hydrogens is 298 g/mol. The van der Waals surface area contributed by atoms with Gasteiger partial charge in [-0.25, -0.2) is 0 Å². The molecule has 1 aliphatic carbocycles. The Balaban J connectivity index is 1.47. The van der Waals surface area contributed by atoms with Crippen molar-refractivity contribution in [2.45, 2.75) is 38.8 Å². The summed E-state index contributed by atoms with van der Waals surface area (Å²) in [6, 6.07) is 0. The van der Waals surface area contributed by atoms with Crippen molar-refractivity contribution in [3.05, 3.63) is 22.5 Å². The van der Waals surface area contributed by atoms with Crippen LogP contribution >= 0.6 is 0 Å². The Morgan fingerprint density at radius 2 is 1.91 bits per heavy atom. The van der Waals surface area contributed by atoms with Gasteiger partial charge in [-0.05, 0) is 12.8 Å². The molecule has 1 aromatic heterocycles. The van der Waals surface area contributed by atoms with Gasteiger partial charge in [0.1, 0.15) is 12.4 Å². The Morgan fingerprint density at radius 3 is 2.52 bits per heavy atom. The van der Waals surface area contributed by atoms with Crippen LogP contribution in [0.2, 0.25) is 0 Å². The highest BCUT2D eigenvalue weighted by Crippen LogP contribution is 2.25. The van der Waals surface area contributed by atoms with Crippen molar-refractivity contribution in [2.75, 3.05) is 26.2 Å². The molecule has 2 fully saturated rings. The summed E-state index contributed by atoms with van der Waals surface area (Å²) in [6.45, 7) is 3.56. The summed E-state index contributed by atoms with van der Waals surface area (Å²) in [6.07, 6.45) is 8.39. The fourth-order valence-corrected chi connectivity index (χ4v) is 3.45. The number of rotatable bonds is 4. The van der Waals surface area contributed by atoms with E-state index in [4.69, 9.17) is 0 Å². The van der Waals surface area contributed by atoms with Crippen LogP contribution in [-0.4, -0.2) is 56.6 Å². The first-order valence-electron chi connectivity index (χ1n) is 8.31. The standard InChI is InChI=1S/C15H23N5O3/c21-15(13-4-2-1-3-5-13)18-8-6-17(7-9-18)12-19-11-14(10-16-19)20(22)23/h10-11,13H,1-9,12H2. The van der Waals surface area contributed by atoms with Gasteiger partial charge in [-0.15, -0.1) is 0 Å². The Bertz CT molecular complexity index is 559. The minimum atomic E-state index is -0.440. The Hall–Kier alpha value is -1.96. The zero-order valence-corrected chi connectivity index (χ0v) is 13.3. The second-order valence-electron chi connectivity index (χ2n) is 6.41. The normalized spacial score (nSPS) is 20.6. The lowest BCUT2D eigenvalue weighted by atomic mass is 9.88. The van der Waals surface area contributed by atoms with Gasteiger partial charge in [0.25, 0.3) is 0 Å². The van der Waals surface area contributed by atoms with E-state index in [1.54, 1.807) is 4.68 Å². The second kappa shape index (κ2) is 7.08. The van der Waals surface area contributed by atoms with Crippen LogP contribution in [0.1, 0.15) is 32.1 Å².